The molecule has 0 amide bonds. The number of carbonyl (C=O) groups is 1. The van der Waals surface area contributed by atoms with Crippen LogP contribution < -0.4 is 4.74 Å². The van der Waals surface area contributed by atoms with Gasteiger partial charge in [-0.15, -0.1) is 0 Å². The van der Waals surface area contributed by atoms with Crippen LogP contribution in [0.15, 0.2) is 77.6 Å². The smallest absolute Gasteiger partial charge is 0.340 e. The van der Waals surface area contributed by atoms with Gasteiger partial charge < -0.3 is 9.47 Å². The van der Waals surface area contributed by atoms with Crippen molar-refractivity contribution < 1.29 is 14.3 Å². The summed E-state index contributed by atoms with van der Waals surface area (Å²) < 4.78 is 12.1. The molecule has 0 fully saturated rings. The van der Waals surface area contributed by atoms with Crippen LogP contribution in [0, 0.1) is 0 Å². The molecule has 26 heavy (non-hydrogen) atoms. The first-order valence-corrected chi connectivity index (χ1v) is 8.88. The summed E-state index contributed by atoms with van der Waals surface area (Å²) in [7, 11) is 0. The van der Waals surface area contributed by atoms with Crippen LogP contribution in [-0.2, 0) is 10.3 Å². The molecule has 2 aliphatic heterocycles. The Hall–Kier alpha value is -2.49. The van der Waals surface area contributed by atoms with E-state index in [4.69, 9.17) is 32.7 Å². The number of esters is 1. The fourth-order valence-electron chi connectivity index (χ4n) is 3.53. The molecule has 4 rings (SSSR count). The zero-order chi connectivity index (χ0) is 18.3. The van der Waals surface area contributed by atoms with E-state index >= 15 is 0 Å². The Bertz CT molecular complexity index is 1000. The molecule has 5 heteroatoms. The summed E-state index contributed by atoms with van der Waals surface area (Å²) in [6.45, 7) is 1.89. The molecule has 2 aliphatic rings. The fraction of sp³-hybridized carbons (Fsp3) is 0.0952. The average Bonchev–Trinajstić information content (AvgIpc) is 2.92. The summed E-state index contributed by atoms with van der Waals surface area (Å²) in [4.78, 5) is 12.7. The van der Waals surface area contributed by atoms with Crippen LogP contribution in [0.3, 0.4) is 0 Å². The molecule has 0 bridgehead atoms. The lowest BCUT2D eigenvalue weighted by Crippen LogP contribution is -2.34. The van der Waals surface area contributed by atoms with Crippen LogP contribution in [0.4, 0.5) is 0 Å². The highest BCUT2D eigenvalue weighted by Gasteiger charge is 2.53. The number of rotatable bonds is 2. The van der Waals surface area contributed by atoms with Crippen molar-refractivity contribution in [3.63, 3.8) is 0 Å². The molecule has 1 spiro atoms. The van der Waals surface area contributed by atoms with Gasteiger partial charge in [0, 0.05) is 27.3 Å². The number of fused-ring (bicyclic) bond motifs is 4. The number of halogens is 2. The topological polar surface area (TPSA) is 35.5 Å². The molecule has 1 unspecified atom stereocenters. The first-order chi connectivity index (χ1) is 12.6. The second-order valence-electron chi connectivity index (χ2n) is 5.93. The van der Waals surface area contributed by atoms with E-state index in [2.05, 4.69) is 0 Å². The normalized spacial score (nSPS) is 21.3. The van der Waals surface area contributed by atoms with Gasteiger partial charge in [0.25, 0.3) is 0 Å². The van der Waals surface area contributed by atoms with E-state index in [1.54, 1.807) is 24.3 Å². The second kappa shape index (κ2) is 6.35. The van der Waals surface area contributed by atoms with Gasteiger partial charge in [0.1, 0.15) is 11.5 Å². The van der Waals surface area contributed by atoms with Crippen LogP contribution in [-0.4, -0.2) is 5.97 Å². The Balaban J connectivity index is 2.13. The number of ether oxygens (including phenoxy) is 2. The van der Waals surface area contributed by atoms with Gasteiger partial charge in [0.2, 0.25) is 0 Å². The standard InChI is InChI=1S/C21H14Cl2O3/c1-2-5-16-18(10-11-22)25-19-12-13(23)8-9-17(19)21(16)15-7-4-3-6-14(15)20(24)26-21/h2-12H,1H3/b5-2-,11-10+. The van der Waals surface area contributed by atoms with E-state index in [0.717, 1.165) is 11.1 Å². The Kier molecular flexibility index (Phi) is 4.14. The molecule has 2 aromatic rings. The van der Waals surface area contributed by atoms with E-state index in [1.807, 2.05) is 43.3 Å². The van der Waals surface area contributed by atoms with Crippen molar-refractivity contribution in [2.45, 2.75) is 12.5 Å². The maximum Gasteiger partial charge on any atom is 0.340 e. The van der Waals surface area contributed by atoms with Gasteiger partial charge in [-0.1, -0.05) is 53.6 Å². The maximum absolute atomic E-state index is 12.7. The highest BCUT2D eigenvalue weighted by molar-refractivity contribution is 6.30. The zero-order valence-corrected chi connectivity index (χ0v) is 15.3. The minimum atomic E-state index is -1.11. The fourth-order valence-corrected chi connectivity index (χ4v) is 3.80. The molecular weight excluding hydrogens is 371 g/mol. The molecule has 0 saturated carbocycles. The highest BCUT2D eigenvalue weighted by Crippen LogP contribution is 2.54. The highest BCUT2D eigenvalue weighted by atomic mass is 35.5. The van der Waals surface area contributed by atoms with Crippen molar-refractivity contribution >= 4 is 29.2 Å². The number of hydrogen-bond acceptors (Lipinski definition) is 3. The lowest BCUT2D eigenvalue weighted by molar-refractivity contribution is 0.0217. The van der Waals surface area contributed by atoms with Crippen LogP contribution >= 0.6 is 23.2 Å². The van der Waals surface area contributed by atoms with Crippen molar-refractivity contribution in [2.75, 3.05) is 0 Å². The van der Waals surface area contributed by atoms with Gasteiger partial charge in [-0.3, -0.25) is 0 Å². The van der Waals surface area contributed by atoms with E-state index in [-0.39, 0.29) is 5.97 Å². The van der Waals surface area contributed by atoms with E-state index in [0.29, 0.717) is 27.7 Å². The minimum Gasteiger partial charge on any atom is -0.456 e. The van der Waals surface area contributed by atoms with E-state index in [1.165, 1.54) is 5.54 Å². The lowest BCUT2D eigenvalue weighted by atomic mass is 9.77. The minimum absolute atomic E-state index is 0.375. The summed E-state index contributed by atoms with van der Waals surface area (Å²) in [6, 6.07) is 12.7. The summed E-state index contributed by atoms with van der Waals surface area (Å²) in [6.07, 6.45) is 5.38. The quantitative estimate of drug-likeness (QED) is 0.620. The predicted octanol–water partition coefficient (Wildman–Crippen LogP) is 5.73. The molecule has 0 saturated heterocycles. The van der Waals surface area contributed by atoms with Gasteiger partial charge in [-0.05, 0) is 37.3 Å². The summed E-state index contributed by atoms with van der Waals surface area (Å²) in [5.41, 5.74) is 2.98. The van der Waals surface area contributed by atoms with Gasteiger partial charge in [-0.2, -0.15) is 0 Å². The number of allylic oxidation sites excluding steroid dienone is 2. The third kappa shape index (κ3) is 2.32. The van der Waals surface area contributed by atoms with Crippen molar-refractivity contribution in [3.8, 4) is 5.75 Å². The zero-order valence-electron chi connectivity index (χ0n) is 13.8. The van der Waals surface area contributed by atoms with E-state index in [9.17, 15) is 4.79 Å². The van der Waals surface area contributed by atoms with Gasteiger partial charge in [-0.25, -0.2) is 4.79 Å². The van der Waals surface area contributed by atoms with Crippen LogP contribution in [0.1, 0.15) is 28.4 Å². The molecule has 0 radical (unpaired) electrons. The monoisotopic (exact) mass is 384 g/mol. The molecule has 3 nitrogen and oxygen atoms in total. The van der Waals surface area contributed by atoms with Crippen molar-refractivity contribution in [1.82, 2.24) is 0 Å². The second-order valence-corrected chi connectivity index (χ2v) is 6.62. The van der Waals surface area contributed by atoms with Crippen molar-refractivity contribution in [2.24, 2.45) is 0 Å². The first-order valence-electron chi connectivity index (χ1n) is 8.06. The first kappa shape index (κ1) is 17.0. The van der Waals surface area contributed by atoms with Crippen molar-refractivity contribution in [3.05, 3.63) is 99.3 Å². The molecule has 1 atom stereocenters. The molecule has 130 valence electrons. The summed E-state index contributed by atoms with van der Waals surface area (Å²) in [5.74, 6) is 0.650. The maximum atomic E-state index is 12.7. The molecule has 0 aliphatic carbocycles. The van der Waals surface area contributed by atoms with Crippen molar-refractivity contribution in [1.29, 1.82) is 0 Å². The molecule has 2 aromatic carbocycles. The van der Waals surface area contributed by atoms with Gasteiger partial charge >= 0.3 is 5.97 Å². The number of benzene rings is 2. The van der Waals surface area contributed by atoms with E-state index < -0.39 is 5.60 Å². The van der Waals surface area contributed by atoms with Crippen LogP contribution in [0.25, 0.3) is 0 Å². The Morgan fingerprint density at radius 3 is 2.65 bits per heavy atom. The molecule has 0 N–H and O–H groups in total. The average molecular weight is 385 g/mol. The number of carbonyl (C=O) groups excluding carboxylic acids is 1. The Labute approximate surface area is 161 Å². The third-order valence-corrected chi connectivity index (χ3v) is 4.87. The van der Waals surface area contributed by atoms with Gasteiger partial charge in [0.05, 0.1) is 5.56 Å². The summed E-state index contributed by atoms with van der Waals surface area (Å²) in [5, 5.41) is 0.528. The van der Waals surface area contributed by atoms with Crippen LogP contribution in [0.5, 0.6) is 5.75 Å². The molecule has 0 aromatic heterocycles. The largest absolute Gasteiger partial charge is 0.456 e. The SMILES string of the molecule is C/C=C\C1=C(/C=C/Cl)Oc2cc(Cl)ccc2C12OC(=O)c1ccccc12. The van der Waals surface area contributed by atoms with Crippen LogP contribution in [0.2, 0.25) is 5.02 Å². The van der Waals surface area contributed by atoms with Gasteiger partial charge in [0.15, 0.2) is 5.60 Å². The lowest BCUT2D eigenvalue weighted by Gasteiger charge is -2.36. The Morgan fingerprint density at radius 2 is 1.88 bits per heavy atom. The molecular formula is C21H14Cl2O3. The number of hydrogen-bond donors (Lipinski definition) is 0. The molecule has 2 heterocycles. The third-order valence-electron chi connectivity index (χ3n) is 4.51. The predicted molar refractivity (Wildman–Crippen MR) is 102 cm³/mol. The Morgan fingerprint density at radius 1 is 1.08 bits per heavy atom. The summed E-state index contributed by atoms with van der Waals surface area (Å²) >= 11 is 12.0.